The lowest BCUT2D eigenvalue weighted by Gasteiger charge is -2.26. The average molecular weight is 445 g/mol. The van der Waals surface area contributed by atoms with E-state index in [9.17, 15) is 19.7 Å². The number of anilines is 1. The van der Waals surface area contributed by atoms with Gasteiger partial charge in [-0.3, -0.25) is 19.7 Å². The Morgan fingerprint density at radius 2 is 1.71 bits per heavy atom. The van der Waals surface area contributed by atoms with E-state index in [0.29, 0.717) is 12.1 Å². The number of carbonyl (C=O) groups is 2. The minimum absolute atomic E-state index is 0.0815. The van der Waals surface area contributed by atoms with Crippen LogP contribution >= 0.6 is 11.8 Å². The molecule has 9 nitrogen and oxygen atoms in total. The van der Waals surface area contributed by atoms with Crippen LogP contribution < -0.4 is 14.8 Å². The number of ether oxygens (including phenoxy) is 2. The van der Waals surface area contributed by atoms with Crippen LogP contribution in [0.4, 0.5) is 11.4 Å². The van der Waals surface area contributed by atoms with Crippen LogP contribution in [0.5, 0.6) is 11.5 Å². The first-order valence-corrected chi connectivity index (χ1v) is 10.7. The van der Waals surface area contributed by atoms with Gasteiger partial charge in [-0.25, -0.2) is 0 Å². The number of amides is 2. The first-order chi connectivity index (χ1) is 14.9. The smallest absolute Gasteiger partial charge is 0.286 e. The minimum atomic E-state index is -0.651. The van der Waals surface area contributed by atoms with E-state index in [1.165, 1.54) is 20.3 Å². The molecule has 0 spiro atoms. The highest BCUT2D eigenvalue weighted by Gasteiger charge is 2.25. The monoisotopic (exact) mass is 445 g/mol. The molecule has 1 N–H and O–H groups in total. The lowest BCUT2D eigenvalue weighted by Crippen LogP contribution is -2.38. The number of hydrogen-bond donors (Lipinski definition) is 1. The Hall–Kier alpha value is -3.27. The molecule has 0 atom stereocenters. The van der Waals surface area contributed by atoms with Crippen molar-refractivity contribution >= 4 is 35.0 Å². The zero-order chi connectivity index (χ0) is 22.4. The SMILES string of the molecule is COc1cc(C(=O)Nc2ccc(CC(=O)N3CCSCC3)cc2)c([N+](=O)[O-])cc1OC. The van der Waals surface area contributed by atoms with Crippen molar-refractivity contribution in [3.05, 3.63) is 57.6 Å². The zero-order valence-corrected chi connectivity index (χ0v) is 18.1. The molecule has 10 heteroatoms. The minimum Gasteiger partial charge on any atom is -0.493 e. The van der Waals surface area contributed by atoms with E-state index < -0.39 is 16.5 Å². The summed E-state index contributed by atoms with van der Waals surface area (Å²) in [5, 5.41) is 14.1. The molecule has 1 aliphatic heterocycles. The van der Waals surface area contributed by atoms with Crippen LogP contribution in [0.25, 0.3) is 0 Å². The molecule has 2 aromatic rings. The number of methoxy groups -OCH3 is 2. The van der Waals surface area contributed by atoms with Gasteiger partial charge in [0.1, 0.15) is 5.56 Å². The summed E-state index contributed by atoms with van der Waals surface area (Å²) in [6.45, 7) is 1.53. The van der Waals surface area contributed by atoms with E-state index in [1.54, 1.807) is 24.3 Å². The number of benzene rings is 2. The van der Waals surface area contributed by atoms with Gasteiger partial charge in [-0.15, -0.1) is 0 Å². The number of nitro benzene ring substituents is 1. The van der Waals surface area contributed by atoms with Crippen molar-refractivity contribution < 1.29 is 24.0 Å². The van der Waals surface area contributed by atoms with E-state index in [2.05, 4.69) is 5.32 Å². The number of rotatable bonds is 7. The van der Waals surface area contributed by atoms with Gasteiger partial charge in [0.05, 0.1) is 31.6 Å². The zero-order valence-electron chi connectivity index (χ0n) is 17.3. The summed E-state index contributed by atoms with van der Waals surface area (Å²) in [6, 6.07) is 9.28. The van der Waals surface area contributed by atoms with Crippen LogP contribution in [0.3, 0.4) is 0 Å². The normalized spacial score (nSPS) is 13.4. The van der Waals surface area contributed by atoms with Crippen LogP contribution in [0.2, 0.25) is 0 Å². The fourth-order valence-electron chi connectivity index (χ4n) is 3.20. The predicted molar refractivity (Wildman–Crippen MR) is 118 cm³/mol. The summed E-state index contributed by atoms with van der Waals surface area (Å²) in [6.07, 6.45) is 0.292. The summed E-state index contributed by atoms with van der Waals surface area (Å²) in [4.78, 5) is 37.7. The van der Waals surface area contributed by atoms with Gasteiger partial charge < -0.3 is 19.7 Å². The molecule has 0 radical (unpaired) electrons. The molecule has 0 aromatic heterocycles. The molecule has 164 valence electrons. The molecule has 2 aromatic carbocycles. The third-order valence-electron chi connectivity index (χ3n) is 4.87. The Morgan fingerprint density at radius 3 is 2.29 bits per heavy atom. The maximum atomic E-state index is 12.7. The quantitative estimate of drug-likeness (QED) is 0.515. The molecule has 0 bridgehead atoms. The number of hydrogen-bond acceptors (Lipinski definition) is 7. The van der Waals surface area contributed by atoms with Crippen molar-refractivity contribution in [2.24, 2.45) is 0 Å². The summed E-state index contributed by atoms with van der Waals surface area (Å²) in [7, 11) is 2.74. The third kappa shape index (κ3) is 5.46. The van der Waals surface area contributed by atoms with Gasteiger partial charge in [0, 0.05) is 36.3 Å². The fraction of sp³-hybridized carbons (Fsp3) is 0.333. The average Bonchev–Trinajstić information content (AvgIpc) is 2.79. The highest BCUT2D eigenvalue weighted by molar-refractivity contribution is 7.99. The van der Waals surface area contributed by atoms with E-state index in [-0.39, 0.29) is 23.0 Å². The molecule has 1 fully saturated rings. The number of nitro groups is 1. The van der Waals surface area contributed by atoms with Crippen molar-refractivity contribution in [1.29, 1.82) is 0 Å². The van der Waals surface area contributed by atoms with Gasteiger partial charge in [-0.05, 0) is 17.7 Å². The first kappa shape index (κ1) is 22.4. The number of thioether (sulfide) groups is 1. The molecule has 2 amide bonds. The Morgan fingerprint density at radius 1 is 1.10 bits per heavy atom. The number of carbonyl (C=O) groups excluding carboxylic acids is 2. The highest BCUT2D eigenvalue weighted by atomic mass is 32.2. The Bertz CT molecular complexity index is 974. The molecule has 1 heterocycles. The first-order valence-electron chi connectivity index (χ1n) is 9.59. The molecule has 0 aliphatic carbocycles. The third-order valence-corrected chi connectivity index (χ3v) is 5.82. The molecule has 3 rings (SSSR count). The second-order valence-electron chi connectivity index (χ2n) is 6.80. The van der Waals surface area contributed by atoms with Gasteiger partial charge >= 0.3 is 0 Å². The topological polar surface area (TPSA) is 111 Å². The molecule has 1 aliphatic rings. The Balaban J connectivity index is 1.72. The van der Waals surface area contributed by atoms with Gasteiger partial charge in [-0.1, -0.05) is 12.1 Å². The highest BCUT2D eigenvalue weighted by Crippen LogP contribution is 2.34. The Kier molecular flexibility index (Phi) is 7.35. The van der Waals surface area contributed by atoms with Crippen molar-refractivity contribution in [3.8, 4) is 11.5 Å². The van der Waals surface area contributed by atoms with E-state index in [0.717, 1.165) is 36.2 Å². The Labute approximate surface area is 183 Å². The summed E-state index contributed by atoms with van der Waals surface area (Å²) in [5.74, 6) is 1.72. The number of nitrogens with one attached hydrogen (secondary N) is 1. The van der Waals surface area contributed by atoms with Gasteiger partial charge in [0.25, 0.3) is 11.6 Å². The van der Waals surface area contributed by atoms with E-state index >= 15 is 0 Å². The predicted octanol–water partition coefficient (Wildman–Crippen LogP) is 2.98. The largest absolute Gasteiger partial charge is 0.493 e. The van der Waals surface area contributed by atoms with E-state index in [4.69, 9.17) is 9.47 Å². The fourth-order valence-corrected chi connectivity index (χ4v) is 4.11. The lowest BCUT2D eigenvalue weighted by molar-refractivity contribution is -0.385. The van der Waals surface area contributed by atoms with Crippen LogP contribution in [0.15, 0.2) is 36.4 Å². The summed E-state index contributed by atoms with van der Waals surface area (Å²) < 4.78 is 10.2. The van der Waals surface area contributed by atoms with Gasteiger partial charge in [0.2, 0.25) is 5.91 Å². The maximum Gasteiger partial charge on any atom is 0.286 e. The summed E-state index contributed by atoms with van der Waals surface area (Å²) in [5.41, 5.74) is 0.750. The second kappa shape index (κ2) is 10.2. The van der Waals surface area contributed by atoms with Crippen molar-refractivity contribution in [1.82, 2.24) is 4.90 Å². The molecule has 1 saturated heterocycles. The standard InChI is InChI=1S/C21H23N3O6S/c1-29-18-12-16(17(24(27)28)13-19(18)30-2)21(26)22-15-5-3-14(4-6-15)11-20(25)23-7-9-31-10-8-23/h3-6,12-13H,7-11H2,1-2H3,(H,22,26). The van der Waals surface area contributed by atoms with Gasteiger partial charge in [0.15, 0.2) is 11.5 Å². The molecular weight excluding hydrogens is 422 g/mol. The van der Waals surface area contributed by atoms with Crippen LogP contribution in [-0.2, 0) is 11.2 Å². The van der Waals surface area contributed by atoms with Gasteiger partial charge in [-0.2, -0.15) is 11.8 Å². The van der Waals surface area contributed by atoms with Crippen molar-refractivity contribution in [3.63, 3.8) is 0 Å². The van der Waals surface area contributed by atoms with E-state index in [1.807, 2.05) is 16.7 Å². The van der Waals surface area contributed by atoms with Crippen LogP contribution in [0, 0.1) is 10.1 Å². The summed E-state index contributed by atoms with van der Waals surface area (Å²) >= 11 is 1.84. The second-order valence-corrected chi connectivity index (χ2v) is 8.03. The maximum absolute atomic E-state index is 12.7. The molecular formula is C21H23N3O6S. The number of nitrogens with zero attached hydrogens (tertiary/aromatic N) is 2. The van der Waals surface area contributed by atoms with Crippen molar-refractivity contribution in [2.75, 3.05) is 44.1 Å². The molecule has 31 heavy (non-hydrogen) atoms. The van der Waals surface area contributed by atoms with Crippen LogP contribution in [-0.4, -0.2) is 60.5 Å². The molecule has 0 saturated carbocycles. The van der Waals surface area contributed by atoms with Crippen molar-refractivity contribution in [2.45, 2.75) is 6.42 Å². The lowest BCUT2D eigenvalue weighted by atomic mass is 10.1. The molecule has 0 unspecified atom stereocenters. The van der Waals surface area contributed by atoms with Crippen LogP contribution in [0.1, 0.15) is 15.9 Å².